The van der Waals surface area contributed by atoms with Gasteiger partial charge in [-0.2, -0.15) is 26.3 Å². The molecule has 1 aromatic rings. The van der Waals surface area contributed by atoms with Crippen molar-refractivity contribution in [3.63, 3.8) is 0 Å². The predicted octanol–water partition coefficient (Wildman–Crippen LogP) is 3.72. The molecule has 0 fully saturated rings. The molecular weight excluding hydrogens is 258 g/mol. The van der Waals surface area contributed by atoms with Crippen LogP contribution >= 0.6 is 12.6 Å². The average molecular weight is 262 g/mol. The Hall–Kier alpha value is -1.05. The minimum absolute atomic E-state index is 0.158. The van der Waals surface area contributed by atoms with Crippen LogP contribution in [0.25, 0.3) is 0 Å². The molecule has 1 aromatic carbocycles. The second-order valence-corrected chi connectivity index (χ2v) is 3.37. The van der Waals surface area contributed by atoms with Crippen LogP contribution in [0, 0.1) is 0 Å². The number of alkyl halides is 6. The number of hydrogen-bond donors (Lipinski definition) is 2. The number of rotatable bonds is 0. The van der Waals surface area contributed by atoms with Gasteiger partial charge in [0.05, 0.1) is 11.1 Å². The Labute approximate surface area is 91.1 Å². The minimum Gasteiger partial charge on any atom is -0.506 e. The van der Waals surface area contributed by atoms with Gasteiger partial charge < -0.3 is 5.11 Å². The molecule has 0 aromatic heterocycles. The Balaban J connectivity index is 3.46. The van der Waals surface area contributed by atoms with Crippen LogP contribution in [0.3, 0.4) is 0 Å². The van der Waals surface area contributed by atoms with Gasteiger partial charge in [0.15, 0.2) is 0 Å². The van der Waals surface area contributed by atoms with Crippen molar-refractivity contribution in [2.45, 2.75) is 17.2 Å². The number of phenolic OH excluding ortho intramolecular Hbond substituents is 1. The van der Waals surface area contributed by atoms with E-state index >= 15 is 0 Å². The number of phenols is 1. The summed E-state index contributed by atoms with van der Waals surface area (Å²) >= 11 is 3.35. The van der Waals surface area contributed by atoms with E-state index in [1.165, 1.54) is 0 Å². The van der Waals surface area contributed by atoms with Crippen molar-refractivity contribution in [2.24, 2.45) is 0 Å². The van der Waals surface area contributed by atoms with Crippen molar-refractivity contribution in [2.75, 3.05) is 0 Å². The lowest BCUT2D eigenvalue weighted by molar-refractivity contribution is -0.144. The molecule has 16 heavy (non-hydrogen) atoms. The highest BCUT2D eigenvalue weighted by Crippen LogP contribution is 2.42. The van der Waals surface area contributed by atoms with Gasteiger partial charge in [-0.25, -0.2) is 0 Å². The van der Waals surface area contributed by atoms with Crippen LogP contribution in [0.4, 0.5) is 26.3 Å². The first-order valence-corrected chi connectivity index (χ1v) is 4.18. The largest absolute Gasteiger partial charge is 0.506 e. The van der Waals surface area contributed by atoms with Crippen molar-refractivity contribution in [3.05, 3.63) is 23.3 Å². The molecule has 0 saturated heterocycles. The summed E-state index contributed by atoms with van der Waals surface area (Å²) in [6.07, 6.45) is -9.99. The maximum absolute atomic E-state index is 12.2. The molecule has 1 nitrogen and oxygen atoms in total. The molecule has 0 saturated carbocycles. The summed E-state index contributed by atoms with van der Waals surface area (Å²) in [7, 11) is 0. The third kappa shape index (κ3) is 2.55. The fourth-order valence-corrected chi connectivity index (χ4v) is 1.26. The van der Waals surface area contributed by atoms with E-state index in [9.17, 15) is 26.3 Å². The van der Waals surface area contributed by atoms with Crippen LogP contribution in [0.1, 0.15) is 11.1 Å². The summed E-state index contributed by atoms with van der Waals surface area (Å²) in [6, 6.07) is 0.169. The second kappa shape index (κ2) is 3.76. The topological polar surface area (TPSA) is 20.2 Å². The molecule has 90 valence electrons. The Morgan fingerprint density at radius 3 is 1.81 bits per heavy atom. The number of benzene rings is 1. The molecule has 8 heteroatoms. The van der Waals surface area contributed by atoms with E-state index in [1.807, 2.05) is 0 Å². The summed E-state index contributed by atoms with van der Waals surface area (Å²) in [4.78, 5) is -0.776. The minimum atomic E-state index is -5.07. The average Bonchev–Trinajstić information content (AvgIpc) is 2.05. The molecule has 0 atom stereocenters. The van der Waals surface area contributed by atoms with Crippen molar-refractivity contribution in [3.8, 4) is 5.75 Å². The molecule has 0 heterocycles. The molecular formula is C8H4F6OS. The maximum atomic E-state index is 12.2. The van der Waals surface area contributed by atoms with Crippen molar-refractivity contribution >= 4 is 12.6 Å². The molecule has 0 aliphatic carbocycles. The maximum Gasteiger partial charge on any atom is 0.420 e. The van der Waals surface area contributed by atoms with Crippen LogP contribution in [0.5, 0.6) is 5.75 Å². The van der Waals surface area contributed by atoms with E-state index in [0.717, 1.165) is 0 Å². The molecule has 0 bridgehead atoms. The van der Waals surface area contributed by atoms with E-state index in [1.54, 1.807) is 0 Å². The van der Waals surface area contributed by atoms with Crippen LogP contribution in [0.2, 0.25) is 0 Å². The first-order valence-electron chi connectivity index (χ1n) is 3.74. The fourth-order valence-electron chi connectivity index (χ4n) is 0.999. The monoisotopic (exact) mass is 262 g/mol. The SMILES string of the molecule is Oc1c(S)cc(C(F)(F)F)cc1C(F)(F)F. The van der Waals surface area contributed by atoms with Gasteiger partial charge in [0, 0.05) is 4.90 Å². The zero-order valence-electron chi connectivity index (χ0n) is 7.32. The van der Waals surface area contributed by atoms with Crippen LogP contribution in [-0.4, -0.2) is 5.11 Å². The van der Waals surface area contributed by atoms with Gasteiger partial charge in [-0.3, -0.25) is 0 Å². The lowest BCUT2D eigenvalue weighted by atomic mass is 10.1. The smallest absolute Gasteiger partial charge is 0.420 e. The van der Waals surface area contributed by atoms with E-state index < -0.39 is 34.1 Å². The second-order valence-electron chi connectivity index (χ2n) is 2.89. The van der Waals surface area contributed by atoms with Gasteiger partial charge in [-0.05, 0) is 12.1 Å². The molecule has 0 amide bonds. The van der Waals surface area contributed by atoms with E-state index in [-0.39, 0.29) is 6.07 Å². The zero-order valence-corrected chi connectivity index (χ0v) is 8.21. The quantitative estimate of drug-likeness (QED) is 0.539. The van der Waals surface area contributed by atoms with Gasteiger partial charge in [0.25, 0.3) is 0 Å². The van der Waals surface area contributed by atoms with Crippen molar-refractivity contribution < 1.29 is 31.4 Å². The van der Waals surface area contributed by atoms with Crippen molar-refractivity contribution in [1.29, 1.82) is 0 Å². The van der Waals surface area contributed by atoms with E-state index in [2.05, 4.69) is 12.6 Å². The van der Waals surface area contributed by atoms with Crippen molar-refractivity contribution in [1.82, 2.24) is 0 Å². The highest BCUT2D eigenvalue weighted by molar-refractivity contribution is 7.80. The molecule has 0 aliphatic rings. The molecule has 0 aliphatic heterocycles. The number of hydrogen-bond acceptors (Lipinski definition) is 2. The van der Waals surface area contributed by atoms with Gasteiger partial charge >= 0.3 is 12.4 Å². The Morgan fingerprint density at radius 1 is 0.938 bits per heavy atom. The molecule has 0 radical (unpaired) electrons. The molecule has 1 rings (SSSR count). The highest BCUT2D eigenvalue weighted by Gasteiger charge is 2.39. The normalized spacial score (nSPS) is 12.9. The van der Waals surface area contributed by atoms with Crippen LogP contribution in [-0.2, 0) is 12.4 Å². The van der Waals surface area contributed by atoms with Gasteiger partial charge in [-0.1, -0.05) is 0 Å². The lowest BCUT2D eigenvalue weighted by Gasteiger charge is -2.14. The number of thiol groups is 1. The predicted molar refractivity (Wildman–Crippen MR) is 45.4 cm³/mol. The van der Waals surface area contributed by atoms with Gasteiger partial charge in [-0.15, -0.1) is 12.6 Å². The fraction of sp³-hybridized carbons (Fsp3) is 0.250. The summed E-state index contributed by atoms with van der Waals surface area (Å²) in [6.45, 7) is 0. The Kier molecular flexibility index (Phi) is 3.06. The number of aromatic hydroxyl groups is 1. The van der Waals surface area contributed by atoms with E-state index in [4.69, 9.17) is 5.11 Å². The number of halogens is 6. The van der Waals surface area contributed by atoms with Crippen LogP contribution < -0.4 is 0 Å². The zero-order chi connectivity index (χ0) is 12.7. The van der Waals surface area contributed by atoms with Gasteiger partial charge in [0.2, 0.25) is 0 Å². The first kappa shape index (κ1) is 13.0. The first-order chi connectivity index (χ1) is 7.03. The molecule has 1 N–H and O–H groups in total. The van der Waals surface area contributed by atoms with Gasteiger partial charge in [0.1, 0.15) is 5.75 Å². The molecule has 0 unspecified atom stereocenters. The standard InChI is InChI=1S/C8H4F6OS/c9-7(10,11)3-1-4(8(12,13)14)6(15)5(16)2-3/h1-2,15-16H. The highest BCUT2D eigenvalue weighted by atomic mass is 32.1. The Morgan fingerprint density at radius 2 is 1.44 bits per heavy atom. The summed E-state index contributed by atoms with van der Waals surface area (Å²) in [5, 5.41) is 8.96. The molecule has 0 spiro atoms. The lowest BCUT2D eigenvalue weighted by Crippen LogP contribution is -2.11. The van der Waals surface area contributed by atoms with Crippen LogP contribution in [0.15, 0.2) is 17.0 Å². The third-order valence-electron chi connectivity index (χ3n) is 1.72. The Bertz CT molecular complexity index is 408. The summed E-state index contributed by atoms with van der Waals surface area (Å²) in [5.74, 6) is -1.32. The third-order valence-corrected chi connectivity index (χ3v) is 2.06. The summed E-state index contributed by atoms with van der Waals surface area (Å²) < 4.78 is 73.3. The van der Waals surface area contributed by atoms with E-state index in [0.29, 0.717) is 6.07 Å². The summed E-state index contributed by atoms with van der Waals surface area (Å²) in [5.41, 5.74) is -3.27.